The summed E-state index contributed by atoms with van der Waals surface area (Å²) in [6.07, 6.45) is -2.58. The Bertz CT molecular complexity index is 636. The summed E-state index contributed by atoms with van der Waals surface area (Å²) in [5, 5.41) is 10.3. The molecule has 2 rings (SSSR count). The van der Waals surface area contributed by atoms with Gasteiger partial charge in [0.2, 0.25) is 0 Å². The standard InChI is InChI=1S/C11H18N3O7P/c1-3-6-9(21-22(17,18)19-2)8(15)10(20-6)14-5-4-7(12)13-11(14)16/h4-6,8-10,15H,3H2,1-2H3,(H,17,18)(H2,12,13,16)/t6-,8?,9?,10-/m1/s1. The van der Waals surface area contributed by atoms with Gasteiger partial charge in [0.05, 0.1) is 6.10 Å². The highest BCUT2D eigenvalue weighted by molar-refractivity contribution is 7.47. The Morgan fingerprint density at radius 1 is 1.59 bits per heavy atom. The highest BCUT2D eigenvalue weighted by Crippen LogP contribution is 2.47. The van der Waals surface area contributed by atoms with Gasteiger partial charge in [0.15, 0.2) is 6.23 Å². The van der Waals surface area contributed by atoms with Crippen LogP contribution in [0.25, 0.3) is 0 Å². The second-order valence-electron chi connectivity index (χ2n) is 4.73. The van der Waals surface area contributed by atoms with Crippen molar-refractivity contribution in [2.45, 2.75) is 37.9 Å². The molecule has 4 N–H and O–H groups in total. The van der Waals surface area contributed by atoms with Crippen molar-refractivity contribution in [3.63, 3.8) is 0 Å². The van der Waals surface area contributed by atoms with Crippen LogP contribution < -0.4 is 11.4 Å². The number of rotatable bonds is 5. The lowest BCUT2D eigenvalue weighted by atomic mass is 10.1. The third kappa shape index (κ3) is 3.37. The largest absolute Gasteiger partial charge is 0.472 e. The lowest BCUT2D eigenvalue weighted by Gasteiger charge is -2.21. The summed E-state index contributed by atoms with van der Waals surface area (Å²) < 4.78 is 27.4. The Hall–Kier alpha value is -1.29. The van der Waals surface area contributed by atoms with Crippen LogP contribution in [0.3, 0.4) is 0 Å². The van der Waals surface area contributed by atoms with E-state index >= 15 is 0 Å². The number of aliphatic hydroxyl groups excluding tert-OH is 1. The molecule has 1 aromatic heterocycles. The number of nitrogens with zero attached hydrogens (tertiary/aromatic N) is 2. The van der Waals surface area contributed by atoms with Gasteiger partial charge < -0.3 is 20.5 Å². The maximum Gasteiger partial charge on any atom is 0.472 e. The molecular formula is C11H18N3O7P. The first-order valence-corrected chi connectivity index (χ1v) is 8.03. The first-order chi connectivity index (χ1) is 10.3. The van der Waals surface area contributed by atoms with Crippen molar-refractivity contribution in [1.82, 2.24) is 9.55 Å². The zero-order chi connectivity index (χ0) is 16.5. The van der Waals surface area contributed by atoms with Crippen molar-refractivity contribution in [1.29, 1.82) is 0 Å². The van der Waals surface area contributed by atoms with Gasteiger partial charge in [-0.2, -0.15) is 4.98 Å². The molecule has 0 aromatic carbocycles. The predicted molar refractivity (Wildman–Crippen MR) is 74.8 cm³/mol. The van der Waals surface area contributed by atoms with Gasteiger partial charge in [-0.15, -0.1) is 0 Å². The van der Waals surface area contributed by atoms with Crippen molar-refractivity contribution < 1.29 is 28.3 Å². The van der Waals surface area contributed by atoms with Crippen molar-refractivity contribution >= 4 is 13.6 Å². The third-order valence-corrected chi connectivity index (χ3v) is 4.29. The van der Waals surface area contributed by atoms with E-state index in [1.807, 2.05) is 0 Å². The Morgan fingerprint density at radius 3 is 2.82 bits per heavy atom. The van der Waals surface area contributed by atoms with Crippen LogP contribution in [0.15, 0.2) is 17.1 Å². The smallest absolute Gasteiger partial charge is 0.386 e. The minimum Gasteiger partial charge on any atom is -0.386 e. The maximum absolute atomic E-state index is 11.8. The number of aromatic nitrogens is 2. The van der Waals surface area contributed by atoms with Crippen molar-refractivity contribution in [2.24, 2.45) is 0 Å². The molecule has 1 fully saturated rings. The van der Waals surface area contributed by atoms with E-state index in [-0.39, 0.29) is 5.82 Å². The number of phosphoric ester groups is 1. The van der Waals surface area contributed by atoms with E-state index in [1.165, 1.54) is 12.3 Å². The van der Waals surface area contributed by atoms with Crippen molar-refractivity contribution in [3.8, 4) is 0 Å². The monoisotopic (exact) mass is 335 g/mol. The molecule has 10 nitrogen and oxygen atoms in total. The molecule has 11 heteroatoms. The average Bonchev–Trinajstić information content (AvgIpc) is 2.76. The summed E-state index contributed by atoms with van der Waals surface area (Å²) in [6.45, 7) is 1.75. The minimum absolute atomic E-state index is 0.0350. The predicted octanol–water partition coefficient (Wildman–Crippen LogP) is -0.374. The first kappa shape index (κ1) is 17.1. The fourth-order valence-electron chi connectivity index (χ4n) is 2.22. The summed E-state index contributed by atoms with van der Waals surface area (Å²) >= 11 is 0. The third-order valence-electron chi connectivity index (χ3n) is 3.32. The van der Waals surface area contributed by atoms with Crippen LogP contribution in [0.2, 0.25) is 0 Å². The molecular weight excluding hydrogens is 317 g/mol. The molecule has 1 saturated heterocycles. The van der Waals surface area contributed by atoms with Crippen LogP contribution in [0, 0.1) is 0 Å². The van der Waals surface area contributed by atoms with Crippen LogP contribution >= 0.6 is 7.82 Å². The van der Waals surface area contributed by atoms with Gasteiger partial charge in [-0.1, -0.05) is 6.92 Å². The molecule has 1 aliphatic heterocycles. The molecule has 0 saturated carbocycles. The lowest BCUT2D eigenvalue weighted by molar-refractivity contribution is -0.0403. The van der Waals surface area contributed by atoms with E-state index in [4.69, 9.17) is 15.0 Å². The normalized spacial score (nSPS) is 31.1. The van der Waals surface area contributed by atoms with Crippen LogP contribution in [0.4, 0.5) is 5.82 Å². The second-order valence-corrected chi connectivity index (χ2v) is 6.24. The number of nitrogen functional groups attached to an aromatic ring is 1. The fourth-order valence-corrected chi connectivity index (χ4v) is 2.88. The molecule has 5 atom stereocenters. The quantitative estimate of drug-likeness (QED) is 0.613. The number of hydrogen-bond acceptors (Lipinski definition) is 8. The fraction of sp³-hybridized carbons (Fsp3) is 0.636. The van der Waals surface area contributed by atoms with Crippen molar-refractivity contribution in [3.05, 3.63) is 22.7 Å². The molecule has 3 unspecified atom stereocenters. The summed E-state index contributed by atoms with van der Waals surface area (Å²) in [6, 6.07) is 1.37. The van der Waals surface area contributed by atoms with Crippen LogP contribution in [0.1, 0.15) is 19.6 Å². The summed E-state index contributed by atoms with van der Waals surface area (Å²) in [7, 11) is -3.30. The number of ether oxygens (including phenoxy) is 1. The SMILES string of the molecule is CC[C@H]1O[C@@H](n2ccc(N)nc2=O)C(O)C1OP(=O)(O)OC. The van der Waals surface area contributed by atoms with Crippen LogP contribution in [0.5, 0.6) is 0 Å². The Balaban J connectivity index is 2.29. The van der Waals surface area contributed by atoms with Gasteiger partial charge in [-0.05, 0) is 12.5 Å². The van der Waals surface area contributed by atoms with Crippen LogP contribution in [-0.4, -0.2) is 45.0 Å². The zero-order valence-corrected chi connectivity index (χ0v) is 12.9. The number of aliphatic hydroxyl groups is 1. The molecule has 0 bridgehead atoms. The van der Waals surface area contributed by atoms with E-state index in [0.29, 0.717) is 6.42 Å². The topological polar surface area (TPSA) is 146 Å². The second kappa shape index (κ2) is 6.45. The molecule has 124 valence electrons. The number of anilines is 1. The van der Waals surface area contributed by atoms with Gasteiger partial charge in [0, 0.05) is 13.3 Å². The summed E-state index contributed by atoms with van der Waals surface area (Å²) in [4.78, 5) is 24.8. The molecule has 2 heterocycles. The summed E-state index contributed by atoms with van der Waals surface area (Å²) in [5.74, 6) is 0.0350. The highest BCUT2D eigenvalue weighted by atomic mass is 31.2. The number of phosphoric acid groups is 1. The molecule has 0 aliphatic carbocycles. The van der Waals surface area contributed by atoms with E-state index in [0.717, 1.165) is 11.7 Å². The molecule has 0 amide bonds. The van der Waals surface area contributed by atoms with Gasteiger partial charge in [0.1, 0.15) is 18.0 Å². The van der Waals surface area contributed by atoms with Gasteiger partial charge in [-0.3, -0.25) is 13.6 Å². The molecule has 0 radical (unpaired) electrons. The highest BCUT2D eigenvalue weighted by Gasteiger charge is 2.48. The zero-order valence-electron chi connectivity index (χ0n) is 12.0. The first-order valence-electron chi connectivity index (χ1n) is 6.54. The van der Waals surface area contributed by atoms with Gasteiger partial charge in [0.25, 0.3) is 0 Å². The molecule has 0 spiro atoms. The lowest BCUT2D eigenvalue weighted by Crippen LogP contribution is -2.36. The van der Waals surface area contributed by atoms with E-state index in [2.05, 4.69) is 9.51 Å². The van der Waals surface area contributed by atoms with Crippen molar-refractivity contribution in [2.75, 3.05) is 12.8 Å². The number of hydrogen-bond donors (Lipinski definition) is 3. The Labute approximate surface area is 126 Å². The van der Waals surface area contributed by atoms with E-state index < -0.39 is 38.1 Å². The minimum atomic E-state index is -4.31. The molecule has 1 aromatic rings. The number of nitrogens with two attached hydrogens (primary N) is 1. The molecule has 1 aliphatic rings. The van der Waals surface area contributed by atoms with Gasteiger partial charge in [-0.25, -0.2) is 9.36 Å². The Morgan fingerprint density at radius 2 is 2.27 bits per heavy atom. The van der Waals surface area contributed by atoms with Crippen LogP contribution in [-0.2, 0) is 18.3 Å². The summed E-state index contributed by atoms with van der Waals surface area (Å²) in [5.41, 5.74) is 4.69. The van der Waals surface area contributed by atoms with Gasteiger partial charge >= 0.3 is 13.5 Å². The van der Waals surface area contributed by atoms with E-state index in [1.54, 1.807) is 6.92 Å². The average molecular weight is 335 g/mol. The maximum atomic E-state index is 11.8. The Kier molecular flexibility index (Phi) is 5.00. The van der Waals surface area contributed by atoms with E-state index in [9.17, 15) is 19.4 Å². The molecule has 22 heavy (non-hydrogen) atoms.